The van der Waals surface area contributed by atoms with Gasteiger partial charge in [-0.1, -0.05) is 6.07 Å². The van der Waals surface area contributed by atoms with Crippen LogP contribution >= 0.6 is 0 Å². The van der Waals surface area contributed by atoms with Crippen LogP contribution in [-0.4, -0.2) is 31.6 Å². The highest BCUT2D eigenvalue weighted by molar-refractivity contribution is 5.83. The van der Waals surface area contributed by atoms with Gasteiger partial charge in [-0.25, -0.2) is 9.18 Å². The molecule has 6 heteroatoms. The van der Waals surface area contributed by atoms with E-state index in [1.807, 2.05) is 0 Å². The smallest absolute Gasteiger partial charge is 0.330 e. The van der Waals surface area contributed by atoms with Gasteiger partial charge in [-0.15, -0.1) is 0 Å². The van der Waals surface area contributed by atoms with Crippen molar-refractivity contribution in [2.24, 2.45) is 0 Å². The zero-order valence-electron chi connectivity index (χ0n) is 11.1. The highest BCUT2D eigenvalue weighted by Gasteiger charge is 2.19. The summed E-state index contributed by atoms with van der Waals surface area (Å²) in [7, 11) is 1.24. The molecule has 0 spiro atoms. The van der Waals surface area contributed by atoms with Crippen molar-refractivity contribution in [3.63, 3.8) is 0 Å². The predicted molar refractivity (Wildman–Crippen MR) is 69.2 cm³/mol. The van der Waals surface area contributed by atoms with Gasteiger partial charge in [0.2, 0.25) is 5.91 Å². The summed E-state index contributed by atoms with van der Waals surface area (Å²) < 4.78 is 17.9. The minimum absolute atomic E-state index is 0.120. The molecule has 0 aliphatic heterocycles. The van der Waals surface area contributed by atoms with Gasteiger partial charge in [-0.3, -0.25) is 4.79 Å². The SMILES string of the molecule is COC(=O)C(CNc1ccc(C)c(F)c1)NC(C)=O. The fourth-order valence-corrected chi connectivity index (χ4v) is 1.50. The van der Waals surface area contributed by atoms with Crippen molar-refractivity contribution in [2.75, 3.05) is 19.0 Å². The van der Waals surface area contributed by atoms with Crippen LogP contribution in [0.15, 0.2) is 18.2 Å². The summed E-state index contributed by atoms with van der Waals surface area (Å²) in [5.74, 6) is -1.23. The highest BCUT2D eigenvalue weighted by atomic mass is 19.1. The normalized spacial score (nSPS) is 11.6. The minimum Gasteiger partial charge on any atom is -0.467 e. The molecule has 0 aromatic heterocycles. The molecule has 104 valence electrons. The first-order valence-electron chi connectivity index (χ1n) is 5.79. The first-order chi connectivity index (χ1) is 8.93. The van der Waals surface area contributed by atoms with Gasteiger partial charge in [0, 0.05) is 19.2 Å². The molecule has 0 aliphatic rings. The molecule has 2 N–H and O–H groups in total. The molecule has 1 aromatic carbocycles. The molecule has 0 fully saturated rings. The summed E-state index contributed by atoms with van der Waals surface area (Å²) in [6.45, 7) is 3.09. The quantitative estimate of drug-likeness (QED) is 0.788. The number of hydrogen-bond donors (Lipinski definition) is 2. The molecule has 0 bridgehead atoms. The number of carbonyl (C=O) groups is 2. The van der Waals surface area contributed by atoms with E-state index in [4.69, 9.17) is 0 Å². The lowest BCUT2D eigenvalue weighted by Gasteiger charge is -2.17. The number of hydrogen-bond acceptors (Lipinski definition) is 4. The Bertz CT molecular complexity index is 477. The van der Waals surface area contributed by atoms with Crippen LogP contribution in [0.4, 0.5) is 10.1 Å². The number of aryl methyl sites for hydroxylation is 1. The Morgan fingerprint density at radius 2 is 2.11 bits per heavy atom. The summed E-state index contributed by atoms with van der Waals surface area (Å²) in [5.41, 5.74) is 1.07. The number of amides is 1. The van der Waals surface area contributed by atoms with E-state index < -0.39 is 12.0 Å². The third kappa shape index (κ3) is 4.57. The van der Waals surface area contributed by atoms with Gasteiger partial charge in [0.1, 0.15) is 11.9 Å². The molecule has 0 saturated carbocycles. The van der Waals surface area contributed by atoms with Gasteiger partial charge in [-0.2, -0.15) is 0 Å². The summed E-state index contributed by atoms with van der Waals surface area (Å²) in [4.78, 5) is 22.4. The second-order valence-electron chi connectivity index (χ2n) is 4.12. The number of carbonyl (C=O) groups excluding carboxylic acids is 2. The first-order valence-corrected chi connectivity index (χ1v) is 5.79. The monoisotopic (exact) mass is 268 g/mol. The zero-order valence-corrected chi connectivity index (χ0v) is 11.1. The van der Waals surface area contributed by atoms with Crippen molar-refractivity contribution in [1.82, 2.24) is 5.32 Å². The maximum Gasteiger partial charge on any atom is 0.330 e. The van der Waals surface area contributed by atoms with Crippen molar-refractivity contribution < 1.29 is 18.7 Å². The van der Waals surface area contributed by atoms with Gasteiger partial charge in [0.15, 0.2) is 0 Å². The Hall–Kier alpha value is -2.11. The van der Waals surface area contributed by atoms with Crippen molar-refractivity contribution in [2.45, 2.75) is 19.9 Å². The van der Waals surface area contributed by atoms with Crippen molar-refractivity contribution in [1.29, 1.82) is 0 Å². The van der Waals surface area contributed by atoms with E-state index in [1.165, 1.54) is 20.1 Å². The molecule has 1 unspecified atom stereocenters. The average molecular weight is 268 g/mol. The maximum atomic E-state index is 13.3. The van der Waals surface area contributed by atoms with Crippen LogP contribution in [0.5, 0.6) is 0 Å². The summed E-state index contributed by atoms with van der Waals surface area (Å²) in [6.07, 6.45) is 0. The lowest BCUT2D eigenvalue weighted by molar-refractivity contribution is -0.144. The van der Waals surface area contributed by atoms with Gasteiger partial charge in [-0.05, 0) is 24.6 Å². The molecule has 0 aliphatic carbocycles. The average Bonchev–Trinajstić information content (AvgIpc) is 2.37. The molecule has 0 radical (unpaired) electrons. The van der Waals surface area contributed by atoms with Crippen LogP contribution in [0.25, 0.3) is 0 Å². The Morgan fingerprint density at radius 1 is 1.42 bits per heavy atom. The topological polar surface area (TPSA) is 67.4 Å². The van der Waals surface area contributed by atoms with E-state index in [0.29, 0.717) is 11.3 Å². The van der Waals surface area contributed by atoms with Crippen LogP contribution < -0.4 is 10.6 Å². The maximum absolute atomic E-state index is 13.3. The number of nitrogens with one attached hydrogen (secondary N) is 2. The third-order valence-electron chi connectivity index (χ3n) is 2.55. The Morgan fingerprint density at radius 3 is 2.63 bits per heavy atom. The van der Waals surface area contributed by atoms with Crippen LogP contribution in [0.2, 0.25) is 0 Å². The number of esters is 1. The molecular weight excluding hydrogens is 251 g/mol. The highest BCUT2D eigenvalue weighted by Crippen LogP contribution is 2.13. The van der Waals surface area contributed by atoms with Crippen molar-refractivity contribution >= 4 is 17.6 Å². The van der Waals surface area contributed by atoms with E-state index in [0.717, 1.165) is 0 Å². The van der Waals surface area contributed by atoms with Crippen LogP contribution in [0.3, 0.4) is 0 Å². The standard InChI is InChI=1S/C13H17FN2O3/c1-8-4-5-10(6-11(8)14)15-7-12(13(18)19-3)16-9(2)17/h4-6,12,15H,7H2,1-3H3,(H,16,17). The summed E-state index contributed by atoms with van der Waals surface area (Å²) in [5, 5.41) is 5.33. The molecule has 1 amide bonds. The largest absolute Gasteiger partial charge is 0.467 e. The van der Waals surface area contributed by atoms with E-state index in [9.17, 15) is 14.0 Å². The fraction of sp³-hybridized carbons (Fsp3) is 0.385. The predicted octanol–water partition coefficient (Wildman–Crippen LogP) is 1.22. The van der Waals surface area contributed by atoms with Crippen LogP contribution in [0, 0.1) is 12.7 Å². The fourth-order valence-electron chi connectivity index (χ4n) is 1.50. The van der Waals surface area contributed by atoms with Gasteiger partial charge < -0.3 is 15.4 Å². The number of halogens is 1. The Balaban J connectivity index is 2.67. The second kappa shape index (κ2) is 6.72. The Kier molecular flexibility index (Phi) is 5.29. The summed E-state index contributed by atoms with van der Waals surface area (Å²) >= 11 is 0. The van der Waals surface area contributed by atoms with Gasteiger partial charge in [0.25, 0.3) is 0 Å². The number of benzene rings is 1. The number of ether oxygens (including phenoxy) is 1. The molecule has 5 nitrogen and oxygen atoms in total. The number of rotatable bonds is 5. The lowest BCUT2D eigenvalue weighted by Crippen LogP contribution is -2.45. The van der Waals surface area contributed by atoms with Gasteiger partial charge >= 0.3 is 5.97 Å². The summed E-state index contributed by atoms with van der Waals surface area (Å²) in [6, 6.07) is 3.84. The van der Waals surface area contributed by atoms with E-state index in [2.05, 4.69) is 15.4 Å². The third-order valence-corrected chi connectivity index (χ3v) is 2.55. The first kappa shape index (κ1) is 14.9. The minimum atomic E-state index is -0.813. The Labute approximate surface area is 111 Å². The number of anilines is 1. The van der Waals surface area contributed by atoms with E-state index in [-0.39, 0.29) is 18.3 Å². The zero-order chi connectivity index (χ0) is 14.4. The molecule has 0 saturated heterocycles. The van der Waals surface area contributed by atoms with E-state index in [1.54, 1.807) is 19.1 Å². The van der Waals surface area contributed by atoms with Crippen molar-refractivity contribution in [3.8, 4) is 0 Å². The molecule has 19 heavy (non-hydrogen) atoms. The second-order valence-corrected chi connectivity index (χ2v) is 4.12. The molecule has 1 atom stereocenters. The van der Waals surface area contributed by atoms with Gasteiger partial charge in [0.05, 0.1) is 7.11 Å². The molecular formula is C13H17FN2O3. The molecule has 0 heterocycles. The van der Waals surface area contributed by atoms with Crippen LogP contribution in [0.1, 0.15) is 12.5 Å². The van der Waals surface area contributed by atoms with Crippen LogP contribution in [-0.2, 0) is 14.3 Å². The lowest BCUT2D eigenvalue weighted by atomic mass is 10.2. The van der Waals surface area contributed by atoms with E-state index >= 15 is 0 Å². The number of methoxy groups -OCH3 is 1. The van der Waals surface area contributed by atoms with Crippen molar-refractivity contribution in [3.05, 3.63) is 29.6 Å². The molecule has 1 rings (SSSR count). The molecule has 1 aromatic rings.